The molecule has 2 amide bonds. The third-order valence-electron chi connectivity index (χ3n) is 1.33. The molecule has 0 aliphatic heterocycles. The fraction of sp³-hybridized carbons (Fsp3) is 0.556. The number of carbonyl (C=O) groups is 2. The lowest BCUT2D eigenvalue weighted by Crippen LogP contribution is -2.46. The molecule has 0 saturated heterocycles. The first kappa shape index (κ1) is 13.0. The monoisotopic (exact) mass is 260 g/mol. The second-order valence-electron chi connectivity index (χ2n) is 3.08. The van der Waals surface area contributed by atoms with Crippen LogP contribution in [0.5, 0.6) is 0 Å². The average molecular weight is 261 g/mol. The molecule has 1 unspecified atom stereocenters. The smallest absolute Gasteiger partial charge is 0.297 e. The summed E-state index contributed by atoms with van der Waals surface area (Å²) in [5, 5.41) is 5.11. The highest BCUT2D eigenvalue weighted by Crippen LogP contribution is 1.85. The normalized spacial score (nSPS) is 11.2. The van der Waals surface area contributed by atoms with Crippen LogP contribution in [0.3, 0.4) is 0 Å². The molecule has 0 aliphatic carbocycles. The van der Waals surface area contributed by atoms with Crippen molar-refractivity contribution in [1.82, 2.24) is 10.6 Å². The number of amides is 2. The third-order valence-corrected chi connectivity index (χ3v) is 1.53. The molecular weight excluding hydrogens is 248 g/mol. The Bertz CT molecular complexity index is 278. The second-order valence-corrected chi connectivity index (χ2v) is 3.47. The first-order valence-corrected chi connectivity index (χ1v) is 4.99. The Labute approximate surface area is 91.9 Å². The van der Waals surface area contributed by atoms with Crippen LogP contribution in [0.2, 0.25) is 0 Å². The minimum atomic E-state index is -0.571. The maximum Gasteiger partial charge on any atom is 0.297 e. The molecular formula is C9H13BrN2O2. The van der Waals surface area contributed by atoms with Crippen LogP contribution >= 0.6 is 15.9 Å². The Balaban J connectivity index is 4.05. The van der Waals surface area contributed by atoms with Gasteiger partial charge in [-0.2, -0.15) is 0 Å². The van der Waals surface area contributed by atoms with Crippen molar-refractivity contribution in [3.63, 3.8) is 0 Å². The van der Waals surface area contributed by atoms with E-state index in [0.717, 1.165) is 0 Å². The summed E-state index contributed by atoms with van der Waals surface area (Å²) in [5.74, 6) is 1.52. The highest BCUT2D eigenvalue weighted by Gasteiger charge is 2.14. The van der Waals surface area contributed by atoms with Crippen LogP contribution in [0.1, 0.15) is 20.8 Å². The number of carbonyl (C=O) groups excluding carboxylic acids is 2. The summed E-state index contributed by atoms with van der Waals surface area (Å²) in [6, 6.07) is -0.512. The topological polar surface area (TPSA) is 58.2 Å². The summed E-state index contributed by atoms with van der Waals surface area (Å²) in [5.41, 5.74) is 0. The number of nitrogens with one attached hydrogen (secondary N) is 2. The van der Waals surface area contributed by atoms with E-state index in [1.165, 1.54) is 0 Å². The van der Waals surface area contributed by atoms with Gasteiger partial charge in [0.2, 0.25) is 5.91 Å². The summed E-state index contributed by atoms with van der Waals surface area (Å²) < 4.78 is 0. The van der Waals surface area contributed by atoms with Crippen molar-refractivity contribution >= 4 is 27.7 Å². The lowest BCUT2D eigenvalue weighted by atomic mass is 10.3. The molecule has 2 N–H and O–H groups in total. The SMILES string of the molecule is CC(C)NC(=O)C(C)NC(=O)C#CBr. The van der Waals surface area contributed by atoms with Crippen LogP contribution in [-0.4, -0.2) is 23.9 Å². The molecule has 0 spiro atoms. The van der Waals surface area contributed by atoms with E-state index in [2.05, 4.69) is 37.3 Å². The van der Waals surface area contributed by atoms with E-state index in [4.69, 9.17) is 0 Å². The van der Waals surface area contributed by atoms with E-state index < -0.39 is 11.9 Å². The van der Waals surface area contributed by atoms with E-state index in [9.17, 15) is 9.59 Å². The minimum Gasteiger partial charge on any atom is -0.352 e. The molecule has 0 radical (unpaired) electrons. The van der Waals surface area contributed by atoms with Gasteiger partial charge in [0.15, 0.2) is 0 Å². The van der Waals surface area contributed by atoms with Gasteiger partial charge < -0.3 is 10.6 Å². The zero-order chi connectivity index (χ0) is 11.1. The summed E-state index contributed by atoms with van der Waals surface area (Å²) >= 11 is 2.79. The van der Waals surface area contributed by atoms with Gasteiger partial charge in [-0.3, -0.25) is 9.59 Å². The van der Waals surface area contributed by atoms with Crippen molar-refractivity contribution in [2.24, 2.45) is 0 Å². The van der Waals surface area contributed by atoms with Crippen molar-refractivity contribution < 1.29 is 9.59 Å². The maximum absolute atomic E-state index is 11.3. The third kappa shape index (κ3) is 5.60. The largest absolute Gasteiger partial charge is 0.352 e. The van der Waals surface area contributed by atoms with Crippen LogP contribution in [0.4, 0.5) is 0 Å². The fourth-order valence-electron chi connectivity index (χ4n) is 0.751. The summed E-state index contributed by atoms with van der Waals surface area (Å²) in [6.45, 7) is 5.31. The van der Waals surface area contributed by atoms with E-state index in [-0.39, 0.29) is 11.9 Å². The number of halogens is 1. The molecule has 0 bridgehead atoms. The second kappa shape index (κ2) is 6.44. The Kier molecular flexibility index (Phi) is 5.97. The highest BCUT2D eigenvalue weighted by atomic mass is 79.9. The lowest BCUT2D eigenvalue weighted by Gasteiger charge is -2.14. The zero-order valence-corrected chi connectivity index (χ0v) is 9.94. The first-order valence-electron chi connectivity index (χ1n) is 4.20. The van der Waals surface area contributed by atoms with Gasteiger partial charge in [-0.05, 0) is 25.6 Å². The van der Waals surface area contributed by atoms with Crippen LogP contribution in [0.25, 0.3) is 0 Å². The van der Waals surface area contributed by atoms with Gasteiger partial charge in [0, 0.05) is 27.9 Å². The predicted octanol–water partition coefficient (Wildman–Crippen LogP) is 0.372. The van der Waals surface area contributed by atoms with Crippen LogP contribution in [-0.2, 0) is 9.59 Å². The molecule has 0 saturated carbocycles. The summed E-state index contributed by atoms with van der Waals surface area (Å²) in [6.07, 6.45) is 0. The Hall–Kier alpha value is -1.02. The lowest BCUT2D eigenvalue weighted by molar-refractivity contribution is -0.126. The molecule has 0 fully saturated rings. The molecule has 4 nitrogen and oxygen atoms in total. The van der Waals surface area contributed by atoms with Crippen LogP contribution in [0, 0.1) is 10.8 Å². The Morgan fingerprint density at radius 2 is 1.79 bits per heavy atom. The average Bonchev–Trinajstić information content (AvgIpc) is 2.02. The fourth-order valence-corrected chi connectivity index (χ4v) is 0.931. The van der Waals surface area contributed by atoms with E-state index >= 15 is 0 Å². The van der Waals surface area contributed by atoms with Crippen LogP contribution in [0.15, 0.2) is 0 Å². The minimum absolute atomic E-state index is 0.0594. The molecule has 0 rings (SSSR count). The molecule has 0 aromatic heterocycles. The van der Waals surface area contributed by atoms with Crippen molar-refractivity contribution in [3.8, 4) is 10.8 Å². The molecule has 1 atom stereocenters. The number of hydrogen-bond donors (Lipinski definition) is 2. The van der Waals surface area contributed by atoms with Gasteiger partial charge in [0.25, 0.3) is 5.91 Å². The summed E-state index contributed by atoms with van der Waals surface area (Å²) in [7, 11) is 0. The van der Waals surface area contributed by atoms with E-state index in [0.29, 0.717) is 0 Å². The highest BCUT2D eigenvalue weighted by molar-refractivity contribution is 9.12. The van der Waals surface area contributed by atoms with Crippen molar-refractivity contribution in [2.45, 2.75) is 32.9 Å². The number of rotatable bonds is 3. The molecule has 14 heavy (non-hydrogen) atoms. The predicted molar refractivity (Wildman–Crippen MR) is 57.6 cm³/mol. The maximum atomic E-state index is 11.3. The quantitative estimate of drug-likeness (QED) is 0.721. The van der Waals surface area contributed by atoms with Gasteiger partial charge in [0.05, 0.1) is 0 Å². The van der Waals surface area contributed by atoms with Crippen molar-refractivity contribution in [1.29, 1.82) is 0 Å². The van der Waals surface area contributed by atoms with Gasteiger partial charge in [-0.25, -0.2) is 0 Å². The van der Waals surface area contributed by atoms with Gasteiger partial charge in [0.1, 0.15) is 6.04 Å². The van der Waals surface area contributed by atoms with Crippen LogP contribution < -0.4 is 10.6 Å². The van der Waals surface area contributed by atoms with Crippen molar-refractivity contribution in [3.05, 3.63) is 0 Å². The molecule has 0 aromatic rings. The Morgan fingerprint density at radius 3 is 2.21 bits per heavy atom. The first-order chi connectivity index (χ1) is 6.47. The standard InChI is InChI=1S/C9H13BrN2O2/c1-6(2)11-9(14)7(3)12-8(13)4-5-10/h6-7H,1-3H3,(H,11,14)(H,12,13). The number of hydrogen-bond acceptors (Lipinski definition) is 2. The molecule has 0 aromatic carbocycles. The van der Waals surface area contributed by atoms with Gasteiger partial charge in [-0.1, -0.05) is 0 Å². The summed E-state index contributed by atoms with van der Waals surface area (Å²) in [4.78, 5) is 24.5. The Morgan fingerprint density at radius 1 is 1.21 bits per heavy atom. The van der Waals surface area contributed by atoms with E-state index in [1.54, 1.807) is 6.92 Å². The van der Waals surface area contributed by atoms with Gasteiger partial charge >= 0.3 is 0 Å². The molecule has 5 heteroatoms. The zero-order valence-electron chi connectivity index (χ0n) is 8.35. The molecule has 0 heterocycles. The van der Waals surface area contributed by atoms with Gasteiger partial charge in [-0.15, -0.1) is 0 Å². The molecule has 0 aliphatic rings. The molecule has 78 valence electrons. The van der Waals surface area contributed by atoms with Crippen molar-refractivity contribution in [2.75, 3.05) is 0 Å². The van der Waals surface area contributed by atoms with E-state index in [1.807, 2.05) is 13.8 Å².